The van der Waals surface area contributed by atoms with Crippen LogP contribution in [-0.2, 0) is 0 Å². The largest absolute Gasteiger partial charge is 0.337 e. The molecule has 1 aromatic carbocycles. The molecule has 0 aliphatic rings. The van der Waals surface area contributed by atoms with Crippen molar-refractivity contribution in [2.45, 2.75) is 13.8 Å². The third-order valence-electron chi connectivity index (χ3n) is 2.86. The number of benzene rings is 1. The monoisotopic (exact) mass is 360 g/mol. The number of rotatable bonds is 6. The fourth-order valence-corrected chi connectivity index (χ4v) is 2.35. The van der Waals surface area contributed by atoms with Crippen LogP contribution in [-0.4, -0.2) is 49.4 Å². The Morgan fingerprint density at radius 2 is 1.95 bits per heavy atom. The minimum atomic E-state index is 0.0536. The lowest BCUT2D eigenvalue weighted by molar-refractivity contribution is 0.0724. The minimum Gasteiger partial charge on any atom is -0.337 e. The van der Waals surface area contributed by atoms with Gasteiger partial charge in [0.15, 0.2) is 0 Å². The van der Waals surface area contributed by atoms with Crippen molar-refractivity contribution < 1.29 is 4.79 Å². The summed E-state index contributed by atoms with van der Waals surface area (Å²) in [5, 5.41) is 0.616. The second-order valence-electron chi connectivity index (χ2n) is 5.58. The van der Waals surface area contributed by atoms with Crippen molar-refractivity contribution in [3.8, 4) is 0 Å². The van der Waals surface area contributed by atoms with Gasteiger partial charge in [-0.25, -0.2) is 0 Å². The highest BCUT2D eigenvalue weighted by Gasteiger charge is 2.17. The Bertz CT molecular complexity index is 463. The number of halogens is 2. The van der Waals surface area contributed by atoms with Crippen LogP contribution in [0, 0.1) is 5.92 Å². The molecule has 1 aromatic rings. The zero-order valence-corrected chi connectivity index (χ0v) is 14.8. The molecular formula is C15H22BrClN2O. The number of hydrogen-bond donors (Lipinski definition) is 0. The molecule has 0 heterocycles. The van der Waals surface area contributed by atoms with Crippen molar-refractivity contribution in [3.63, 3.8) is 0 Å². The predicted octanol–water partition coefficient (Wildman–Crippen LogP) is 3.76. The van der Waals surface area contributed by atoms with Gasteiger partial charge >= 0.3 is 0 Å². The molecule has 0 aliphatic carbocycles. The standard InChI is InChI=1S/C15H22BrClN2O/c1-11(2)10-19(8-7-18(3)4)15(20)12-5-6-14(17)13(16)9-12/h5-6,9,11H,7-8,10H2,1-4H3. The molecule has 0 spiro atoms. The van der Waals surface area contributed by atoms with Crippen LogP contribution in [0.3, 0.4) is 0 Å². The number of nitrogens with zero attached hydrogens (tertiary/aromatic N) is 2. The van der Waals surface area contributed by atoms with E-state index in [9.17, 15) is 4.79 Å². The lowest BCUT2D eigenvalue weighted by Gasteiger charge is -2.26. The molecule has 0 aromatic heterocycles. The van der Waals surface area contributed by atoms with Crippen molar-refractivity contribution in [2.24, 2.45) is 5.92 Å². The second kappa shape index (κ2) is 8.01. The van der Waals surface area contributed by atoms with E-state index >= 15 is 0 Å². The molecule has 0 radical (unpaired) electrons. The summed E-state index contributed by atoms with van der Waals surface area (Å²) in [5.41, 5.74) is 0.667. The van der Waals surface area contributed by atoms with Crippen LogP contribution < -0.4 is 0 Å². The average Bonchev–Trinajstić information content (AvgIpc) is 2.36. The molecule has 1 amide bonds. The Kier molecular flexibility index (Phi) is 7.00. The summed E-state index contributed by atoms with van der Waals surface area (Å²) < 4.78 is 0.752. The van der Waals surface area contributed by atoms with Crippen LogP contribution in [0.25, 0.3) is 0 Å². The van der Waals surface area contributed by atoms with E-state index in [1.54, 1.807) is 18.2 Å². The molecule has 112 valence electrons. The van der Waals surface area contributed by atoms with Gasteiger partial charge in [0, 0.05) is 29.7 Å². The Hall–Kier alpha value is -0.580. The topological polar surface area (TPSA) is 23.6 Å². The van der Waals surface area contributed by atoms with Crippen molar-refractivity contribution in [3.05, 3.63) is 33.3 Å². The van der Waals surface area contributed by atoms with Gasteiger partial charge in [0.2, 0.25) is 0 Å². The highest BCUT2D eigenvalue weighted by Crippen LogP contribution is 2.24. The van der Waals surface area contributed by atoms with Crippen LogP contribution in [0.2, 0.25) is 5.02 Å². The zero-order chi connectivity index (χ0) is 15.3. The summed E-state index contributed by atoms with van der Waals surface area (Å²) in [6.45, 7) is 6.58. The Morgan fingerprint density at radius 3 is 2.45 bits per heavy atom. The molecule has 0 fully saturated rings. The summed E-state index contributed by atoms with van der Waals surface area (Å²) in [4.78, 5) is 16.6. The molecule has 0 aliphatic heterocycles. The first-order valence-corrected chi connectivity index (χ1v) is 7.87. The van der Waals surface area contributed by atoms with Crippen molar-refractivity contribution in [1.82, 2.24) is 9.80 Å². The Labute approximate surface area is 135 Å². The van der Waals surface area contributed by atoms with Gasteiger partial charge in [-0.15, -0.1) is 0 Å². The fraction of sp³-hybridized carbons (Fsp3) is 0.533. The van der Waals surface area contributed by atoms with Crippen LogP contribution in [0.1, 0.15) is 24.2 Å². The van der Waals surface area contributed by atoms with E-state index < -0.39 is 0 Å². The van der Waals surface area contributed by atoms with E-state index in [0.717, 1.165) is 24.1 Å². The van der Waals surface area contributed by atoms with Gasteiger partial charge in [-0.05, 0) is 54.1 Å². The number of likely N-dealkylation sites (N-methyl/N-ethyl adjacent to an activating group) is 1. The maximum Gasteiger partial charge on any atom is 0.253 e. The van der Waals surface area contributed by atoms with Crippen molar-refractivity contribution in [2.75, 3.05) is 33.7 Å². The lowest BCUT2D eigenvalue weighted by atomic mass is 10.1. The zero-order valence-electron chi connectivity index (χ0n) is 12.5. The van der Waals surface area contributed by atoms with Gasteiger partial charge in [0.1, 0.15) is 0 Å². The normalized spacial score (nSPS) is 11.2. The molecule has 3 nitrogen and oxygen atoms in total. The van der Waals surface area contributed by atoms with Crippen LogP contribution in [0.4, 0.5) is 0 Å². The van der Waals surface area contributed by atoms with Crippen LogP contribution >= 0.6 is 27.5 Å². The molecule has 0 bridgehead atoms. The van der Waals surface area contributed by atoms with E-state index in [2.05, 4.69) is 34.7 Å². The number of hydrogen-bond acceptors (Lipinski definition) is 2. The summed E-state index contributed by atoms with van der Waals surface area (Å²) >= 11 is 9.34. The predicted molar refractivity (Wildman–Crippen MR) is 88.4 cm³/mol. The van der Waals surface area contributed by atoms with Gasteiger partial charge in [-0.2, -0.15) is 0 Å². The number of carbonyl (C=O) groups is 1. The van der Waals surface area contributed by atoms with E-state index in [0.29, 0.717) is 16.5 Å². The Balaban J connectivity index is 2.87. The SMILES string of the molecule is CC(C)CN(CCN(C)C)C(=O)c1ccc(Cl)c(Br)c1. The summed E-state index contributed by atoms with van der Waals surface area (Å²) in [6.07, 6.45) is 0. The molecule has 0 saturated carbocycles. The molecule has 0 atom stereocenters. The second-order valence-corrected chi connectivity index (χ2v) is 6.84. The fourth-order valence-electron chi connectivity index (χ4n) is 1.85. The first-order valence-electron chi connectivity index (χ1n) is 6.70. The minimum absolute atomic E-state index is 0.0536. The van der Waals surface area contributed by atoms with Crippen molar-refractivity contribution >= 4 is 33.4 Å². The van der Waals surface area contributed by atoms with Gasteiger partial charge < -0.3 is 9.80 Å². The maximum absolute atomic E-state index is 12.6. The maximum atomic E-state index is 12.6. The average molecular weight is 362 g/mol. The van der Waals surface area contributed by atoms with Crippen molar-refractivity contribution in [1.29, 1.82) is 0 Å². The summed E-state index contributed by atoms with van der Waals surface area (Å²) in [5.74, 6) is 0.495. The quantitative estimate of drug-likeness (QED) is 0.770. The molecule has 20 heavy (non-hydrogen) atoms. The van der Waals surface area contributed by atoms with Gasteiger partial charge in [0.05, 0.1) is 5.02 Å². The van der Waals surface area contributed by atoms with Gasteiger partial charge in [-0.1, -0.05) is 25.4 Å². The van der Waals surface area contributed by atoms with Crippen LogP contribution in [0.5, 0.6) is 0 Å². The smallest absolute Gasteiger partial charge is 0.253 e. The number of amides is 1. The molecule has 0 saturated heterocycles. The molecule has 0 N–H and O–H groups in total. The lowest BCUT2D eigenvalue weighted by Crippen LogP contribution is -2.39. The molecule has 1 rings (SSSR count). The summed E-state index contributed by atoms with van der Waals surface area (Å²) in [6, 6.07) is 5.31. The third kappa shape index (κ3) is 5.43. The first kappa shape index (κ1) is 17.5. The van der Waals surface area contributed by atoms with E-state index in [-0.39, 0.29) is 5.91 Å². The summed E-state index contributed by atoms with van der Waals surface area (Å²) in [7, 11) is 4.02. The number of carbonyl (C=O) groups excluding carboxylic acids is 1. The highest BCUT2D eigenvalue weighted by atomic mass is 79.9. The van der Waals surface area contributed by atoms with Crippen LogP contribution in [0.15, 0.2) is 22.7 Å². The van der Waals surface area contributed by atoms with Gasteiger partial charge in [0.25, 0.3) is 5.91 Å². The Morgan fingerprint density at radius 1 is 1.30 bits per heavy atom. The van der Waals surface area contributed by atoms with E-state index in [1.807, 2.05) is 19.0 Å². The highest BCUT2D eigenvalue weighted by molar-refractivity contribution is 9.10. The van der Waals surface area contributed by atoms with E-state index in [1.165, 1.54) is 0 Å². The first-order chi connectivity index (χ1) is 9.31. The molecule has 5 heteroatoms. The van der Waals surface area contributed by atoms with Gasteiger partial charge in [-0.3, -0.25) is 4.79 Å². The molecular weight excluding hydrogens is 340 g/mol. The van der Waals surface area contributed by atoms with E-state index in [4.69, 9.17) is 11.6 Å². The third-order valence-corrected chi connectivity index (χ3v) is 4.07. The molecule has 0 unspecified atom stereocenters.